The Bertz CT molecular complexity index is 1100. The molecule has 0 aliphatic carbocycles. The van der Waals surface area contributed by atoms with Gasteiger partial charge in [-0.1, -0.05) is 6.07 Å². The van der Waals surface area contributed by atoms with Crippen LogP contribution in [0.15, 0.2) is 50.8 Å². The Hall–Kier alpha value is -2.78. The highest BCUT2D eigenvalue weighted by Gasteiger charge is 2.30. The number of carboxylic acids is 1. The van der Waals surface area contributed by atoms with E-state index in [1.165, 1.54) is 28.8 Å². The van der Waals surface area contributed by atoms with Crippen LogP contribution in [0.2, 0.25) is 0 Å². The molecule has 1 aliphatic rings. The Morgan fingerprint density at radius 2 is 2.03 bits per heavy atom. The van der Waals surface area contributed by atoms with Crippen LogP contribution in [0.3, 0.4) is 0 Å². The third-order valence-corrected chi connectivity index (χ3v) is 5.87. The molecular weight excluding hydrogens is 484 g/mol. The quantitative estimate of drug-likeness (QED) is 0.545. The van der Waals surface area contributed by atoms with E-state index in [9.17, 15) is 9.59 Å². The predicted molar refractivity (Wildman–Crippen MR) is 125 cm³/mol. The maximum absolute atomic E-state index is 12.7. The number of methoxy groups -OCH3 is 1. The Morgan fingerprint density at radius 1 is 1.29 bits per heavy atom. The molecule has 0 atom stereocenters. The molecular formula is C22H21BrN2O5S. The molecule has 1 saturated heterocycles. The number of amides is 1. The van der Waals surface area contributed by atoms with Crippen molar-refractivity contribution < 1.29 is 24.2 Å². The van der Waals surface area contributed by atoms with E-state index in [1.54, 1.807) is 38.4 Å². The van der Waals surface area contributed by atoms with Crippen LogP contribution < -0.4 is 9.47 Å². The van der Waals surface area contributed by atoms with Gasteiger partial charge in [-0.25, -0.2) is 9.79 Å². The first kappa shape index (κ1) is 22.9. The summed E-state index contributed by atoms with van der Waals surface area (Å²) in [6, 6.07) is 9.92. The fourth-order valence-corrected chi connectivity index (χ4v) is 4.34. The average molecular weight is 505 g/mol. The van der Waals surface area contributed by atoms with Crippen molar-refractivity contribution in [3.8, 4) is 11.5 Å². The lowest BCUT2D eigenvalue weighted by molar-refractivity contribution is -0.121. The number of amidine groups is 1. The van der Waals surface area contributed by atoms with Crippen LogP contribution in [0.25, 0.3) is 6.08 Å². The molecule has 9 heteroatoms. The first-order chi connectivity index (χ1) is 14.7. The van der Waals surface area contributed by atoms with Gasteiger partial charge in [-0.3, -0.25) is 9.69 Å². The van der Waals surface area contributed by atoms with Crippen LogP contribution >= 0.6 is 27.7 Å². The van der Waals surface area contributed by atoms with Crippen molar-refractivity contribution >= 4 is 56.5 Å². The highest BCUT2D eigenvalue weighted by molar-refractivity contribution is 9.10. The van der Waals surface area contributed by atoms with Gasteiger partial charge in [0.25, 0.3) is 5.91 Å². The molecule has 31 heavy (non-hydrogen) atoms. The molecule has 0 aromatic heterocycles. The number of carbonyl (C=O) groups excluding carboxylic acids is 1. The second kappa shape index (κ2) is 9.57. The number of halogens is 1. The topological polar surface area (TPSA) is 88.4 Å². The van der Waals surface area contributed by atoms with Gasteiger partial charge in [-0.2, -0.15) is 0 Å². The van der Waals surface area contributed by atoms with Crippen LogP contribution in [-0.2, 0) is 4.79 Å². The SMILES string of the molecule is COc1cc(/C=C2/SC(=Nc3cccc(C(=O)O)c3)N(C)C2=O)cc(Br)c1OC(C)C. The largest absolute Gasteiger partial charge is 0.493 e. The van der Waals surface area contributed by atoms with Crippen molar-refractivity contribution in [1.29, 1.82) is 0 Å². The van der Waals surface area contributed by atoms with Crippen molar-refractivity contribution in [1.82, 2.24) is 4.90 Å². The lowest BCUT2D eigenvalue weighted by Crippen LogP contribution is -2.23. The molecule has 2 aromatic rings. The summed E-state index contributed by atoms with van der Waals surface area (Å²) < 4.78 is 12.0. The number of thioether (sulfide) groups is 1. The Morgan fingerprint density at radius 3 is 2.68 bits per heavy atom. The number of hydrogen-bond donors (Lipinski definition) is 1. The van der Waals surface area contributed by atoms with Crippen LogP contribution in [0.1, 0.15) is 29.8 Å². The minimum atomic E-state index is -1.03. The maximum Gasteiger partial charge on any atom is 0.335 e. The van der Waals surface area contributed by atoms with Gasteiger partial charge in [-0.05, 0) is 83.5 Å². The predicted octanol–water partition coefficient (Wildman–Crippen LogP) is 5.18. The van der Waals surface area contributed by atoms with E-state index in [0.29, 0.717) is 27.3 Å². The summed E-state index contributed by atoms with van der Waals surface area (Å²) in [5.74, 6) is -0.0767. The van der Waals surface area contributed by atoms with Crippen molar-refractivity contribution in [2.75, 3.05) is 14.2 Å². The smallest absolute Gasteiger partial charge is 0.335 e. The van der Waals surface area contributed by atoms with E-state index in [1.807, 2.05) is 19.9 Å². The molecule has 0 unspecified atom stereocenters. The molecule has 1 fully saturated rings. The van der Waals surface area contributed by atoms with Crippen LogP contribution in [0.4, 0.5) is 5.69 Å². The zero-order chi connectivity index (χ0) is 22.7. The van der Waals surface area contributed by atoms with Crippen LogP contribution in [0.5, 0.6) is 11.5 Å². The highest BCUT2D eigenvalue weighted by Crippen LogP contribution is 2.39. The van der Waals surface area contributed by atoms with E-state index in [0.717, 1.165) is 10.0 Å². The molecule has 0 saturated carbocycles. The summed E-state index contributed by atoms with van der Waals surface area (Å²) in [6.45, 7) is 3.86. The normalized spacial score (nSPS) is 16.5. The Kier molecular flexibility index (Phi) is 7.07. The zero-order valence-corrected chi connectivity index (χ0v) is 19.8. The number of aromatic carboxylic acids is 1. The van der Waals surface area contributed by atoms with Crippen molar-refractivity contribution in [3.63, 3.8) is 0 Å². The lowest BCUT2D eigenvalue weighted by atomic mass is 10.2. The minimum Gasteiger partial charge on any atom is -0.493 e. The van der Waals surface area contributed by atoms with Gasteiger partial charge in [0, 0.05) is 7.05 Å². The van der Waals surface area contributed by atoms with E-state index >= 15 is 0 Å². The molecule has 0 radical (unpaired) electrons. The molecule has 2 aromatic carbocycles. The van der Waals surface area contributed by atoms with E-state index in [4.69, 9.17) is 14.6 Å². The number of benzene rings is 2. The van der Waals surface area contributed by atoms with Gasteiger partial charge in [-0.15, -0.1) is 0 Å². The molecule has 0 spiro atoms. The van der Waals surface area contributed by atoms with Crippen LogP contribution in [0, 0.1) is 0 Å². The van der Waals surface area contributed by atoms with Gasteiger partial charge in [0.05, 0.1) is 33.8 Å². The van der Waals surface area contributed by atoms with Crippen molar-refractivity contribution in [3.05, 3.63) is 56.9 Å². The number of carboxylic acid groups (broad SMARTS) is 1. The summed E-state index contributed by atoms with van der Waals surface area (Å²) in [5, 5.41) is 9.62. The molecule has 3 rings (SSSR count). The number of aliphatic imine (C=N–C) groups is 1. The molecule has 1 amide bonds. The Balaban J connectivity index is 1.92. The van der Waals surface area contributed by atoms with Gasteiger partial charge < -0.3 is 14.6 Å². The van der Waals surface area contributed by atoms with E-state index < -0.39 is 5.97 Å². The minimum absolute atomic E-state index is 0.0200. The number of likely N-dealkylation sites (N-methyl/N-ethyl adjacent to an activating group) is 1. The van der Waals surface area contributed by atoms with E-state index in [-0.39, 0.29) is 17.6 Å². The third-order valence-electron chi connectivity index (χ3n) is 4.22. The summed E-state index contributed by atoms with van der Waals surface area (Å²) in [5.41, 5.74) is 1.36. The van der Waals surface area contributed by atoms with Gasteiger partial charge in [0.1, 0.15) is 0 Å². The standard InChI is InChI=1S/C22H21BrN2O5S/c1-12(2)30-19-16(23)8-13(9-17(19)29-4)10-18-20(26)25(3)22(31-18)24-15-7-5-6-14(11-15)21(27)28/h5-12H,1-4H3,(H,27,28)/b18-10+,24-22?. The first-order valence-electron chi connectivity index (χ1n) is 9.33. The molecule has 1 aliphatic heterocycles. The first-order valence-corrected chi connectivity index (χ1v) is 10.9. The van der Waals surface area contributed by atoms with Gasteiger partial charge in [0.2, 0.25) is 0 Å². The summed E-state index contributed by atoms with van der Waals surface area (Å²) in [6.07, 6.45) is 1.74. The third kappa shape index (κ3) is 5.29. The molecule has 1 heterocycles. The van der Waals surface area contributed by atoms with Crippen molar-refractivity contribution in [2.24, 2.45) is 4.99 Å². The summed E-state index contributed by atoms with van der Waals surface area (Å²) in [4.78, 5) is 30.3. The van der Waals surface area contributed by atoms with Gasteiger partial charge in [0.15, 0.2) is 16.7 Å². The van der Waals surface area contributed by atoms with E-state index in [2.05, 4.69) is 20.9 Å². The monoisotopic (exact) mass is 504 g/mol. The average Bonchev–Trinajstić information content (AvgIpc) is 2.97. The second-order valence-corrected chi connectivity index (χ2v) is 8.79. The number of nitrogens with zero attached hydrogens (tertiary/aromatic N) is 2. The summed E-state index contributed by atoms with van der Waals surface area (Å²) >= 11 is 4.73. The molecule has 0 bridgehead atoms. The number of hydrogen-bond acceptors (Lipinski definition) is 6. The number of ether oxygens (including phenoxy) is 2. The molecule has 7 nitrogen and oxygen atoms in total. The molecule has 162 valence electrons. The lowest BCUT2D eigenvalue weighted by Gasteiger charge is -2.16. The summed E-state index contributed by atoms with van der Waals surface area (Å²) in [7, 11) is 3.19. The fourth-order valence-electron chi connectivity index (χ4n) is 2.80. The fraction of sp³-hybridized carbons (Fsp3) is 0.227. The second-order valence-electron chi connectivity index (χ2n) is 6.93. The van der Waals surface area contributed by atoms with Crippen molar-refractivity contribution in [2.45, 2.75) is 20.0 Å². The van der Waals surface area contributed by atoms with Gasteiger partial charge >= 0.3 is 5.97 Å². The molecule has 1 N–H and O–H groups in total. The maximum atomic E-state index is 12.7. The number of rotatable bonds is 6. The number of carbonyl (C=O) groups is 2. The zero-order valence-electron chi connectivity index (χ0n) is 17.4. The Labute approximate surface area is 192 Å². The highest BCUT2D eigenvalue weighted by atomic mass is 79.9. The van der Waals surface area contributed by atoms with Crippen LogP contribution in [-0.4, -0.2) is 47.3 Å².